The standard InChI is InChI=1S/C9H8N2O/c1-7-9-4-8(6-12)5-11(9)3-2-10-7/h2-6H,1H3. The fraction of sp³-hybridized carbons (Fsp3) is 0.111. The van der Waals surface area contributed by atoms with Crippen molar-refractivity contribution in [2.24, 2.45) is 0 Å². The highest BCUT2D eigenvalue weighted by Gasteiger charge is 2.00. The average molecular weight is 160 g/mol. The number of carbonyl (C=O) groups is 1. The Balaban J connectivity index is 2.82. The first-order chi connectivity index (χ1) is 5.81. The summed E-state index contributed by atoms with van der Waals surface area (Å²) in [5.41, 5.74) is 2.61. The minimum absolute atomic E-state index is 0.686. The van der Waals surface area contributed by atoms with E-state index in [-0.39, 0.29) is 0 Å². The van der Waals surface area contributed by atoms with E-state index in [1.807, 2.05) is 23.6 Å². The number of nitrogens with zero attached hydrogens (tertiary/aromatic N) is 2. The quantitative estimate of drug-likeness (QED) is 0.592. The van der Waals surface area contributed by atoms with Crippen molar-refractivity contribution in [3.63, 3.8) is 0 Å². The molecule has 2 heterocycles. The highest BCUT2D eigenvalue weighted by molar-refractivity contribution is 5.78. The van der Waals surface area contributed by atoms with Crippen molar-refractivity contribution in [1.82, 2.24) is 9.38 Å². The van der Waals surface area contributed by atoms with Gasteiger partial charge in [0, 0.05) is 24.2 Å². The lowest BCUT2D eigenvalue weighted by Gasteiger charge is -1.94. The Bertz CT molecular complexity index is 431. The Morgan fingerprint density at radius 3 is 3.08 bits per heavy atom. The normalized spacial score (nSPS) is 10.4. The molecule has 3 nitrogen and oxygen atoms in total. The van der Waals surface area contributed by atoms with Crippen LogP contribution in [0.5, 0.6) is 0 Å². The molecule has 0 bridgehead atoms. The lowest BCUT2D eigenvalue weighted by atomic mass is 10.3. The third kappa shape index (κ3) is 0.906. The maximum atomic E-state index is 10.5. The predicted octanol–water partition coefficient (Wildman–Crippen LogP) is 1.46. The van der Waals surface area contributed by atoms with Crippen LogP contribution < -0.4 is 0 Å². The van der Waals surface area contributed by atoms with Crippen LogP contribution in [0.25, 0.3) is 5.52 Å². The van der Waals surface area contributed by atoms with Gasteiger partial charge in [0.15, 0.2) is 6.29 Å². The van der Waals surface area contributed by atoms with Gasteiger partial charge in [-0.15, -0.1) is 0 Å². The van der Waals surface area contributed by atoms with Gasteiger partial charge in [0.2, 0.25) is 0 Å². The fourth-order valence-corrected chi connectivity index (χ4v) is 1.26. The molecule has 0 N–H and O–H groups in total. The third-order valence-electron chi connectivity index (χ3n) is 1.87. The average Bonchev–Trinajstić information content (AvgIpc) is 2.49. The van der Waals surface area contributed by atoms with Crippen LogP contribution in [-0.4, -0.2) is 15.7 Å². The molecular formula is C9H8N2O. The second-order valence-corrected chi connectivity index (χ2v) is 2.70. The number of aldehydes is 1. The van der Waals surface area contributed by atoms with E-state index < -0.39 is 0 Å². The van der Waals surface area contributed by atoms with E-state index in [0.717, 1.165) is 17.5 Å². The van der Waals surface area contributed by atoms with Crippen LogP contribution in [0.1, 0.15) is 16.1 Å². The number of rotatable bonds is 1. The molecule has 0 atom stereocenters. The monoisotopic (exact) mass is 160 g/mol. The van der Waals surface area contributed by atoms with Crippen molar-refractivity contribution in [3.05, 3.63) is 35.9 Å². The zero-order chi connectivity index (χ0) is 8.55. The maximum absolute atomic E-state index is 10.5. The first kappa shape index (κ1) is 7.03. The van der Waals surface area contributed by atoms with Crippen molar-refractivity contribution >= 4 is 11.8 Å². The van der Waals surface area contributed by atoms with Crippen LogP contribution in [0.15, 0.2) is 24.7 Å². The van der Waals surface area contributed by atoms with Crippen LogP contribution in [0.2, 0.25) is 0 Å². The molecule has 0 aromatic carbocycles. The van der Waals surface area contributed by atoms with E-state index in [4.69, 9.17) is 0 Å². The summed E-state index contributed by atoms with van der Waals surface area (Å²) in [6.45, 7) is 1.92. The Labute approximate surface area is 69.7 Å². The van der Waals surface area contributed by atoms with Crippen LogP contribution in [0.3, 0.4) is 0 Å². The van der Waals surface area contributed by atoms with E-state index in [0.29, 0.717) is 5.56 Å². The van der Waals surface area contributed by atoms with Gasteiger partial charge < -0.3 is 4.40 Å². The molecule has 2 rings (SSSR count). The van der Waals surface area contributed by atoms with Crippen LogP contribution >= 0.6 is 0 Å². The first-order valence-corrected chi connectivity index (χ1v) is 3.70. The molecule has 0 fully saturated rings. The number of fused-ring (bicyclic) bond motifs is 1. The predicted molar refractivity (Wildman–Crippen MR) is 45.3 cm³/mol. The minimum Gasteiger partial charge on any atom is -0.320 e. The zero-order valence-electron chi connectivity index (χ0n) is 6.69. The van der Waals surface area contributed by atoms with Gasteiger partial charge in [0.05, 0.1) is 11.2 Å². The first-order valence-electron chi connectivity index (χ1n) is 3.70. The Morgan fingerprint density at radius 1 is 1.58 bits per heavy atom. The lowest BCUT2D eigenvalue weighted by molar-refractivity contribution is 0.112. The molecule has 0 amide bonds. The molecule has 0 aliphatic carbocycles. The van der Waals surface area contributed by atoms with Crippen LogP contribution in [0.4, 0.5) is 0 Å². The largest absolute Gasteiger partial charge is 0.320 e. The highest BCUT2D eigenvalue weighted by Crippen LogP contribution is 2.10. The van der Waals surface area contributed by atoms with Gasteiger partial charge in [0.1, 0.15) is 0 Å². The van der Waals surface area contributed by atoms with Gasteiger partial charge in [-0.2, -0.15) is 0 Å². The summed E-state index contributed by atoms with van der Waals surface area (Å²) < 4.78 is 1.89. The Hall–Kier alpha value is -1.64. The van der Waals surface area contributed by atoms with E-state index in [1.165, 1.54) is 0 Å². The SMILES string of the molecule is Cc1nccn2cc(C=O)cc12. The van der Waals surface area contributed by atoms with Gasteiger partial charge in [-0.25, -0.2) is 0 Å². The number of hydrogen-bond acceptors (Lipinski definition) is 2. The van der Waals surface area contributed by atoms with Crippen molar-refractivity contribution in [1.29, 1.82) is 0 Å². The molecule has 0 saturated carbocycles. The van der Waals surface area contributed by atoms with Crippen molar-refractivity contribution in [2.75, 3.05) is 0 Å². The summed E-state index contributed by atoms with van der Waals surface area (Å²) in [5.74, 6) is 0. The van der Waals surface area contributed by atoms with Gasteiger partial charge in [-0.1, -0.05) is 0 Å². The van der Waals surface area contributed by atoms with Gasteiger partial charge in [0.25, 0.3) is 0 Å². The molecule has 0 aliphatic heterocycles. The lowest BCUT2D eigenvalue weighted by Crippen LogP contribution is -1.86. The van der Waals surface area contributed by atoms with Crippen LogP contribution in [-0.2, 0) is 0 Å². The van der Waals surface area contributed by atoms with Crippen LogP contribution in [0, 0.1) is 6.92 Å². The second-order valence-electron chi connectivity index (χ2n) is 2.70. The zero-order valence-corrected chi connectivity index (χ0v) is 6.69. The Morgan fingerprint density at radius 2 is 2.42 bits per heavy atom. The Kier molecular flexibility index (Phi) is 1.43. The summed E-state index contributed by atoms with van der Waals surface area (Å²) in [7, 11) is 0. The summed E-state index contributed by atoms with van der Waals surface area (Å²) >= 11 is 0. The molecule has 3 heteroatoms. The maximum Gasteiger partial charge on any atom is 0.151 e. The smallest absolute Gasteiger partial charge is 0.151 e. The van der Waals surface area contributed by atoms with Crippen molar-refractivity contribution < 1.29 is 4.79 Å². The summed E-state index contributed by atoms with van der Waals surface area (Å²) in [6.07, 6.45) is 6.18. The molecular weight excluding hydrogens is 152 g/mol. The summed E-state index contributed by atoms with van der Waals surface area (Å²) in [6, 6.07) is 1.83. The molecule has 2 aromatic rings. The van der Waals surface area contributed by atoms with Crippen molar-refractivity contribution in [2.45, 2.75) is 6.92 Å². The van der Waals surface area contributed by atoms with Gasteiger partial charge >= 0.3 is 0 Å². The molecule has 0 saturated heterocycles. The molecule has 0 spiro atoms. The van der Waals surface area contributed by atoms with Crippen molar-refractivity contribution in [3.8, 4) is 0 Å². The number of aryl methyl sites for hydroxylation is 1. The fourth-order valence-electron chi connectivity index (χ4n) is 1.26. The minimum atomic E-state index is 0.686. The van der Waals surface area contributed by atoms with E-state index >= 15 is 0 Å². The molecule has 0 aliphatic rings. The molecule has 60 valence electrons. The van der Waals surface area contributed by atoms with Gasteiger partial charge in [-0.05, 0) is 13.0 Å². The number of carbonyl (C=O) groups excluding carboxylic acids is 1. The van der Waals surface area contributed by atoms with Gasteiger partial charge in [-0.3, -0.25) is 9.78 Å². The molecule has 12 heavy (non-hydrogen) atoms. The van der Waals surface area contributed by atoms with E-state index in [9.17, 15) is 4.79 Å². The van der Waals surface area contributed by atoms with E-state index in [2.05, 4.69) is 4.98 Å². The molecule has 0 unspecified atom stereocenters. The summed E-state index contributed by atoms with van der Waals surface area (Å²) in [4.78, 5) is 14.6. The highest BCUT2D eigenvalue weighted by atomic mass is 16.1. The molecule has 0 radical (unpaired) electrons. The third-order valence-corrected chi connectivity index (χ3v) is 1.87. The number of aromatic nitrogens is 2. The summed E-state index contributed by atoms with van der Waals surface area (Å²) in [5, 5.41) is 0. The second kappa shape index (κ2) is 2.44. The van der Waals surface area contributed by atoms with E-state index in [1.54, 1.807) is 12.4 Å². The topological polar surface area (TPSA) is 34.4 Å². The number of hydrogen-bond donors (Lipinski definition) is 0. The molecule has 2 aromatic heterocycles.